The fourth-order valence-corrected chi connectivity index (χ4v) is 2.17. The molecule has 0 aliphatic rings. The van der Waals surface area contributed by atoms with Gasteiger partial charge in [0.1, 0.15) is 17.2 Å². The van der Waals surface area contributed by atoms with E-state index in [0.717, 1.165) is 0 Å². The molecule has 0 aliphatic heterocycles. The largest absolute Gasteiger partial charge is 0.505 e. The molecule has 0 radical (unpaired) electrons. The SMILES string of the molecule is CCOc1ccc(C(=NO)c2cc(Cl)cc(N)c2O)cc1. The Morgan fingerprint density at radius 2 is 1.95 bits per heavy atom. The van der Waals surface area contributed by atoms with Gasteiger partial charge < -0.3 is 20.8 Å². The minimum absolute atomic E-state index is 0.115. The van der Waals surface area contributed by atoms with Gasteiger partial charge in [0.25, 0.3) is 0 Å². The minimum atomic E-state index is -0.180. The first-order chi connectivity index (χ1) is 10.1. The van der Waals surface area contributed by atoms with Crippen molar-refractivity contribution in [2.45, 2.75) is 6.92 Å². The summed E-state index contributed by atoms with van der Waals surface area (Å²) in [6, 6.07) is 9.84. The number of aromatic hydroxyl groups is 1. The van der Waals surface area contributed by atoms with Crippen molar-refractivity contribution in [2.24, 2.45) is 5.16 Å². The standard InChI is InChI=1S/C15H15ClN2O3/c1-2-21-11-5-3-9(4-6-11)14(18-20)12-7-10(16)8-13(17)15(12)19/h3-8,19-20H,2,17H2,1H3. The lowest BCUT2D eigenvalue weighted by Gasteiger charge is -2.10. The van der Waals surface area contributed by atoms with Crippen LogP contribution in [0.5, 0.6) is 11.5 Å². The van der Waals surface area contributed by atoms with Gasteiger partial charge in [0.15, 0.2) is 0 Å². The second-order valence-electron chi connectivity index (χ2n) is 4.30. The van der Waals surface area contributed by atoms with Crippen molar-refractivity contribution in [3.63, 3.8) is 0 Å². The molecule has 0 bridgehead atoms. The lowest BCUT2D eigenvalue weighted by atomic mass is 10.0. The highest BCUT2D eigenvalue weighted by molar-refractivity contribution is 6.31. The molecule has 2 aromatic carbocycles. The van der Waals surface area contributed by atoms with E-state index in [9.17, 15) is 10.3 Å². The van der Waals surface area contributed by atoms with Crippen LogP contribution >= 0.6 is 11.6 Å². The number of rotatable bonds is 4. The molecule has 0 spiro atoms. The maximum atomic E-state index is 10.0. The second kappa shape index (κ2) is 6.37. The fourth-order valence-electron chi connectivity index (χ4n) is 1.94. The van der Waals surface area contributed by atoms with Gasteiger partial charge in [-0.15, -0.1) is 0 Å². The monoisotopic (exact) mass is 306 g/mol. The number of halogens is 1. The molecule has 0 unspecified atom stereocenters. The van der Waals surface area contributed by atoms with Crippen LogP contribution in [-0.4, -0.2) is 22.6 Å². The van der Waals surface area contributed by atoms with Crippen LogP contribution in [0.4, 0.5) is 5.69 Å². The number of hydrogen-bond acceptors (Lipinski definition) is 5. The summed E-state index contributed by atoms with van der Waals surface area (Å²) in [6.07, 6.45) is 0. The van der Waals surface area contributed by atoms with Crippen molar-refractivity contribution in [3.8, 4) is 11.5 Å². The summed E-state index contributed by atoms with van der Waals surface area (Å²) >= 11 is 5.93. The van der Waals surface area contributed by atoms with E-state index in [1.165, 1.54) is 12.1 Å². The van der Waals surface area contributed by atoms with Gasteiger partial charge in [-0.05, 0) is 43.3 Å². The zero-order valence-electron chi connectivity index (χ0n) is 11.4. The smallest absolute Gasteiger partial charge is 0.148 e. The molecule has 0 fully saturated rings. The molecule has 0 heterocycles. The highest BCUT2D eigenvalue weighted by Crippen LogP contribution is 2.31. The summed E-state index contributed by atoms with van der Waals surface area (Å²) in [5, 5.41) is 22.9. The number of ether oxygens (including phenoxy) is 1. The zero-order valence-corrected chi connectivity index (χ0v) is 12.1. The van der Waals surface area contributed by atoms with E-state index in [4.69, 9.17) is 22.1 Å². The molecule has 0 saturated carbocycles. The Morgan fingerprint density at radius 1 is 1.29 bits per heavy atom. The molecule has 0 aliphatic carbocycles. The number of oxime groups is 1. The van der Waals surface area contributed by atoms with Crippen molar-refractivity contribution in [1.29, 1.82) is 0 Å². The summed E-state index contributed by atoms with van der Waals surface area (Å²) in [4.78, 5) is 0. The van der Waals surface area contributed by atoms with E-state index in [2.05, 4.69) is 5.16 Å². The van der Waals surface area contributed by atoms with Crippen molar-refractivity contribution in [3.05, 3.63) is 52.5 Å². The Morgan fingerprint density at radius 3 is 2.52 bits per heavy atom. The van der Waals surface area contributed by atoms with Gasteiger partial charge in [-0.2, -0.15) is 0 Å². The first-order valence-electron chi connectivity index (χ1n) is 6.30. The van der Waals surface area contributed by atoms with E-state index in [1.807, 2.05) is 6.92 Å². The van der Waals surface area contributed by atoms with Gasteiger partial charge in [0.05, 0.1) is 12.3 Å². The van der Waals surface area contributed by atoms with Gasteiger partial charge in [0.2, 0.25) is 0 Å². The molecule has 4 N–H and O–H groups in total. The highest BCUT2D eigenvalue weighted by atomic mass is 35.5. The van der Waals surface area contributed by atoms with Crippen LogP contribution in [-0.2, 0) is 0 Å². The summed E-state index contributed by atoms with van der Waals surface area (Å²) in [5.41, 5.74) is 6.80. The molecule has 5 nitrogen and oxygen atoms in total. The summed E-state index contributed by atoms with van der Waals surface area (Å²) in [6.45, 7) is 2.45. The highest BCUT2D eigenvalue weighted by Gasteiger charge is 2.16. The molecule has 2 aromatic rings. The number of phenols is 1. The van der Waals surface area contributed by atoms with E-state index in [1.54, 1.807) is 24.3 Å². The number of hydrogen-bond donors (Lipinski definition) is 3. The molecular formula is C15H15ClN2O3. The third-order valence-electron chi connectivity index (χ3n) is 2.90. The van der Waals surface area contributed by atoms with Gasteiger partial charge in [-0.3, -0.25) is 0 Å². The van der Waals surface area contributed by atoms with E-state index in [0.29, 0.717) is 22.9 Å². The van der Waals surface area contributed by atoms with Crippen molar-refractivity contribution >= 4 is 23.0 Å². The molecule has 0 aromatic heterocycles. The topological polar surface area (TPSA) is 88.1 Å². The second-order valence-corrected chi connectivity index (χ2v) is 4.73. The van der Waals surface area contributed by atoms with Gasteiger partial charge in [0, 0.05) is 16.1 Å². The first kappa shape index (κ1) is 15.0. The van der Waals surface area contributed by atoms with Crippen molar-refractivity contribution in [2.75, 3.05) is 12.3 Å². The van der Waals surface area contributed by atoms with E-state index in [-0.39, 0.29) is 22.7 Å². The Labute approximate surface area is 127 Å². The Hall–Kier alpha value is -2.40. The van der Waals surface area contributed by atoms with Gasteiger partial charge in [-0.25, -0.2) is 0 Å². The zero-order chi connectivity index (χ0) is 15.4. The third kappa shape index (κ3) is 3.20. The van der Waals surface area contributed by atoms with Gasteiger partial charge >= 0.3 is 0 Å². The Kier molecular flexibility index (Phi) is 4.55. The van der Waals surface area contributed by atoms with Crippen LogP contribution in [0.15, 0.2) is 41.6 Å². The normalized spacial score (nSPS) is 11.4. The van der Waals surface area contributed by atoms with Crippen LogP contribution in [0.2, 0.25) is 5.02 Å². The molecule has 110 valence electrons. The number of nitrogens with zero attached hydrogens (tertiary/aromatic N) is 1. The van der Waals surface area contributed by atoms with Gasteiger partial charge in [-0.1, -0.05) is 16.8 Å². The molecule has 6 heteroatoms. The number of benzene rings is 2. The average molecular weight is 307 g/mol. The molecule has 0 atom stereocenters. The number of phenolic OH excluding ortho intramolecular Hbond substituents is 1. The lowest BCUT2D eigenvalue weighted by molar-refractivity contribution is 0.319. The van der Waals surface area contributed by atoms with Crippen LogP contribution in [0, 0.1) is 0 Å². The maximum absolute atomic E-state index is 10.0. The van der Waals surface area contributed by atoms with Crippen LogP contribution in [0.1, 0.15) is 18.1 Å². The first-order valence-corrected chi connectivity index (χ1v) is 6.68. The molecular weight excluding hydrogens is 292 g/mol. The minimum Gasteiger partial charge on any atom is -0.505 e. The number of anilines is 1. The molecule has 0 saturated heterocycles. The number of nitrogen functional groups attached to an aromatic ring is 1. The predicted octanol–water partition coefficient (Wildman–Crippen LogP) is 3.25. The van der Waals surface area contributed by atoms with Crippen LogP contribution < -0.4 is 10.5 Å². The molecule has 0 amide bonds. The summed E-state index contributed by atoms with van der Waals surface area (Å²) < 4.78 is 5.35. The Bertz CT molecular complexity index is 669. The molecule has 21 heavy (non-hydrogen) atoms. The van der Waals surface area contributed by atoms with Crippen LogP contribution in [0.3, 0.4) is 0 Å². The van der Waals surface area contributed by atoms with E-state index < -0.39 is 0 Å². The quantitative estimate of drug-likeness (QED) is 0.266. The number of nitrogens with two attached hydrogens (primary N) is 1. The lowest BCUT2D eigenvalue weighted by Crippen LogP contribution is -2.05. The van der Waals surface area contributed by atoms with Crippen molar-refractivity contribution < 1.29 is 15.1 Å². The van der Waals surface area contributed by atoms with E-state index >= 15 is 0 Å². The van der Waals surface area contributed by atoms with Crippen molar-refractivity contribution in [1.82, 2.24) is 0 Å². The Balaban J connectivity index is 2.45. The average Bonchev–Trinajstić information content (AvgIpc) is 2.47. The third-order valence-corrected chi connectivity index (χ3v) is 3.12. The maximum Gasteiger partial charge on any atom is 0.148 e. The summed E-state index contributed by atoms with van der Waals surface area (Å²) in [7, 11) is 0. The predicted molar refractivity (Wildman–Crippen MR) is 82.6 cm³/mol. The molecule has 2 rings (SSSR count). The fraction of sp³-hybridized carbons (Fsp3) is 0.133. The summed E-state index contributed by atoms with van der Waals surface area (Å²) in [5.74, 6) is 0.523. The van der Waals surface area contributed by atoms with Crippen LogP contribution in [0.25, 0.3) is 0 Å².